The molecule has 230 valence electrons. The molecule has 0 amide bonds. The predicted molar refractivity (Wildman–Crippen MR) is 203 cm³/mol. The molecule has 1 aliphatic rings. The van der Waals surface area contributed by atoms with Crippen molar-refractivity contribution < 1.29 is 0 Å². The van der Waals surface area contributed by atoms with Crippen molar-refractivity contribution >= 4 is 32.3 Å². The first kappa shape index (κ1) is 27.9. The molecule has 2 heterocycles. The third-order valence-electron chi connectivity index (χ3n) is 10.6. The number of aromatic nitrogens is 3. The van der Waals surface area contributed by atoms with E-state index in [0.717, 1.165) is 45.0 Å². The quantitative estimate of drug-likeness (QED) is 0.183. The molecule has 9 aromatic rings. The van der Waals surface area contributed by atoms with E-state index in [4.69, 9.17) is 9.97 Å². The fraction of sp³-hybridized carbons (Fsp3) is 0.0652. The summed E-state index contributed by atoms with van der Waals surface area (Å²) >= 11 is 0. The van der Waals surface area contributed by atoms with Gasteiger partial charge in [0.25, 0.3) is 0 Å². The van der Waals surface area contributed by atoms with Crippen molar-refractivity contribution in [2.45, 2.75) is 19.3 Å². The van der Waals surface area contributed by atoms with Crippen LogP contribution < -0.4 is 0 Å². The van der Waals surface area contributed by atoms with E-state index in [9.17, 15) is 0 Å². The van der Waals surface area contributed by atoms with E-state index in [1.807, 2.05) is 24.5 Å². The summed E-state index contributed by atoms with van der Waals surface area (Å²) in [6, 6.07) is 50.4. The Morgan fingerprint density at radius 2 is 1.04 bits per heavy atom. The summed E-state index contributed by atoms with van der Waals surface area (Å²) in [5, 5.41) is 7.55. The minimum Gasteiger partial charge on any atom is -0.265 e. The molecule has 10 rings (SSSR count). The molecule has 49 heavy (non-hydrogen) atoms. The third-order valence-corrected chi connectivity index (χ3v) is 10.6. The molecule has 3 heteroatoms. The van der Waals surface area contributed by atoms with Gasteiger partial charge in [0.1, 0.15) is 0 Å². The van der Waals surface area contributed by atoms with Gasteiger partial charge in [-0.1, -0.05) is 129 Å². The van der Waals surface area contributed by atoms with Crippen molar-refractivity contribution in [3.8, 4) is 56.2 Å². The summed E-state index contributed by atoms with van der Waals surface area (Å²) in [5.41, 5.74) is 12.4. The second kappa shape index (κ2) is 10.4. The van der Waals surface area contributed by atoms with Crippen LogP contribution in [-0.2, 0) is 5.41 Å². The monoisotopic (exact) mass is 625 g/mol. The Bertz CT molecular complexity index is 2710. The van der Waals surface area contributed by atoms with Crippen LogP contribution >= 0.6 is 0 Å². The van der Waals surface area contributed by atoms with Crippen molar-refractivity contribution in [1.82, 2.24) is 15.0 Å². The Hall–Kier alpha value is -6.19. The van der Waals surface area contributed by atoms with Gasteiger partial charge in [0.05, 0.1) is 11.4 Å². The zero-order valence-corrected chi connectivity index (χ0v) is 27.3. The first-order valence-electron chi connectivity index (χ1n) is 16.8. The van der Waals surface area contributed by atoms with Gasteiger partial charge in [-0.15, -0.1) is 0 Å². The first-order valence-corrected chi connectivity index (χ1v) is 16.8. The van der Waals surface area contributed by atoms with Crippen LogP contribution in [-0.4, -0.2) is 15.0 Å². The molecular weight excluding hydrogens is 595 g/mol. The van der Waals surface area contributed by atoms with E-state index in [1.54, 1.807) is 0 Å². The molecule has 3 nitrogen and oxygen atoms in total. The standard InChI is InChI=1S/C46H31N3/c1-46(2)39-9-4-3-8-35(39)36-19-18-34(26-40(36)46)45-48-41(30-12-10-28(11-13-30)29-22-24-47-25-23-29)27-42(49-45)37-20-16-33-15-14-31-6-5-7-32-17-21-38(37)44(33)43(31)32/h3-27H,1-2H3. The van der Waals surface area contributed by atoms with E-state index in [2.05, 4.69) is 146 Å². The highest BCUT2D eigenvalue weighted by atomic mass is 14.9. The summed E-state index contributed by atoms with van der Waals surface area (Å²) in [6.45, 7) is 4.64. The van der Waals surface area contributed by atoms with E-state index >= 15 is 0 Å². The zero-order chi connectivity index (χ0) is 32.7. The van der Waals surface area contributed by atoms with Crippen molar-refractivity contribution in [2.24, 2.45) is 0 Å². The number of hydrogen-bond donors (Lipinski definition) is 0. The van der Waals surface area contributed by atoms with Gasteiger partial charge in [0, 0.05) is 34.5 Å². The lowest BCUT2D eigenvalue weighted by atomic mass is 9.82. The average Bonchev–Trinajstić information content (AvgIpc) is 3.39. The number of hydrogen-bond acceptors (Lipinski definition) is 3. The van der Waals surface area contributed by atoms with Crippen molar-refractivity contribution in [1.29, 1.82) is 0 Å². The van der Waals surface area contributed by atoms with Gasteiger partial charge < -0.3 is 0 Å². The molecule has 0 N–H and O–H groups in total. The van der Waals surface area contributed by atoms with Crippen LogP contribution in [0.15, 0.2) is 152 Å². The summed E-state index contributed by atoms with van der Waals surface area (Å²) in [5.74, 6) is 0.728. The lowest BCUT2D eigenvalue weighted by Crippen LogP contribution is -2.15. The average molecular weight is 626 g/mol. The third kappa shape index (κ3) is 4.25. The highest BCUT2D eigenvalue weighted by Crippen LogP contribution is 2.49. The normalized spacial score (nSPS) is 13.3. The topological polar surface area (TPSA) is 38.7 Å². The second-order valence-electron chi connectivity index (χ2n) is 13.7. The lowest BCUT2D eigenvalue weighted by Gasteiger charge is -2.22. The maximum Gasteiger partial charge on any atom is 0.160 e. The Morgan fingerprint density at radius 1 is 0.429 bits per heavy atom. The van der Waals surface area contributed by atoms with Crippen LogP contribution in [0, 0.1) is 0 Å². The molecule has 7 aromatic carbocycles. The number of nitrogens with zero attached hydrogens (tertiary/aromatic N) is 3. The molecule has 0 spiro atoms. The van der Waals surface area contributed by atoms with Gasteiger partial charge in [-0.3, -0.25) is 4.98 Å². The largest absolute Gasteiger partial charge is 0.265 e. The molecule has 1 aliphatic carbocycles. The minimum absolute atomic E-state index is 0.114. The van der Waals surface area contributed by atoms with Crippen LogP contribution in [0.5, 0.6) is 0 Å². The molecular formula is C46H31N3. The van der Waals surface area contributed by atoms with Crippen LogP contribution in [0.25, 0.3) is 88.5 Å². The molecule has 0 bridgehead atoms. The molecule has 2 aromatic heterocycles. The molecule has 0 unspecified atom stereocenters. The Morgan fingerprint density at radius 3 is 1.86 bits per heavy atom. The SMILES string of the molecule is CC1(C)c2ccccc2-c2ccc(-c3nc(-c4ccc(-c5ccncc5)cc4)cc(-c4ccc5ccc6cccc7ccc4c5c67)n3)cc21. The maximum atomic E-state index is 5.35. The van der Waals surface area contributed by atoms with Crippen LogP contribution in [0.2, 0.25) is 0 Å². The van der Waals surface area contributed by atoms with E-state index in [-0.39, 0.29) is 5.41 Å². The number of fused-ring (bicyclic) bond motifs is 3. The van der Waals surface area contributed by atoms with Crippen LogP contribution in [0.3, 0.4) is 0 Å². The van der Waals surface area contributed by atoms with Gasteiger partial charge in [0.2, 0.25) is 0 Å². The van der Waals surface area contributed by atoms with Gasteiger partial charge in [0.15, 0.2) is 5.82 Å². The molecule has 0 atom stereocenters. The molecule has 0 aliphatic heterocycles. The summed E-state index contributed by atoms with van der Waals surface area (Å²) in [7, 11) is 0. The molecule has 0 saturated heterocycles. The highest BCUT2D eigenvalue weighted by Gasteiger charge is 2.35. The molecule has 0 saturated carbocycles. The van der Waals surface area contributed by atoms with E-state index in [0.29, 0.717) is 0 Å². The van der Waals surface area contributed by atoms with E-state index in [1.165, 1.54) is 54.6 Å². The number of pyridine rings is 1. The summed E-state index contributed by atoms with van der Waals surface area (Å²) in [4.78, 5) is 14.8. The van der Waals surface area contributed by atoms with Crippen molar-refractivity contribution in [3.05, 3.63) is 163 Å². The number of benzene rings is 7. The summed E-state index contributed by atoms with van der Waals surface area (Å²) in [6.07, 6.45) is 3.67. The van der Waals surface area contributed by atoms with E-state index < -0.39 is 0 Å². The van der Waals surface area contributed by atoms with Gasteiger partial charge in [-0.05, 0) is 90.0 Å². The smallest absolute Gasteiger partial charge is 0.160 e. The number of rotatable bonds is 4. The van der Waals surface area contributed by atoms with Crippen LogP contribution in [0.4, 0.5) is 0 Å². The highest BCUT2D eigenvalue weighted by molar-refractivity contribution is 6.25. The first-order chi connectivity index (χ1) is 24.0. The Kier molecular flexibility index (Phi) is 5.92. The maximum absolute atomic E-state index is 5.35. The van der Waals surface area contributed by atoms with Gasteiger partial charge >= 0.3 is 0 Å². The van der Waals surface area contributed by atoms with Crippen LogP contribution in [0.1, 0.15) is 25.0 Å². The van der Waals surface area contributed by atoms with Crippen molar-refractivity contribution in [2.75, 3.05) is 0 Å². The minimum atomic E-state index is -0.114. The Balaban J connectivity index is 1.18. The van der Waals surface area contributed by atoms with Gasteiger partial charge in [-0.2, -0.15) is 0 Å². The second-order valence-corrected chi connectivity index (χ2v) is 13.7. The molecule has 0 fully saturated rings. The fourth-order valence-electron chi connectivity index (χ4n) is 8.04. The molecule has 0 radical (unpaired) electrons. The van der Waals surface area contributed by atoms with Crippen molar-refractivity contribution in [3.63, 3.8) is 0 Å². The zero-order valence-electron chi connectivity index (χ0n) is 27.3. The van der Waals surface area contributed by atoms with Gasteiger partial charge in [-0.25, -0.2) is 9.97 Å². The predicted octanol–water partition coefficient (Wildman–Crippen LogP) is 11.7. The fourth-order valence-corrected chi connectivity index (χ4v) is 8.04. The summed E-state index contributed by atoms with van der Waals surface area (Å²) < 4.78 is 0. The lowest BCUT2D eigenvalue weighted by molar-refractivity contribution is 0.660. The Labute approximate surface area is 284 Å².